The molecule has 2 N–H and O–H groups in total. The molecule has 0 aliphatic heterocycles. The number of hydrogen-bond acceptors (Lipinski definition) is 5. The van der Waals surface area contributed by atoms with Gasteiger partial charge in [-0.3, -0.25) is 14.7 Å². The van der Waals surface area contributed by atoms with E-state index in [0.717, 1.165) is 28.1 Å². The molecule has 0 unspecified atom stereocenters. The van der Waals surface area contributed by atoms with E-state index in [2.05, 4.69) is 26.3 Å². The molecule has 37 heavy (non-hydrogen) atoms. The van der Waals surface area contributed by atoms with Crippen LogP contribution in [0.15, 0.2) is 83.9 Å². The summed E-state index contributed by atoms with van der Waals surface area (Å²) in [5, 5.41) is 3.93. The maximum Gasteiger partial charge on any atom is 0.273 e. The molecule has 0 aliphatic carbocycles. The second-order valence-corrected chi connectivity index (χ2v) is 8.72. The van der Waals surface area contributed by atoms with Crippen LogP contribution in [-0.4, -0.2) is 32.3 Å². The van der Waals surface area contributed by atoms with Gasteiger partial charge in [0, 0.05) is 60.8 Å². The third kappa shape index (κ3) is 6.07. The Hall–Kier alpha value is -4.37. The lowest BCUT2D eigenvalue weighted by Gasteiger charge is -2.21. The van der Waals surface area contributed by atoms with E-state index in [1.807, 2.05) is 41.4 Å². The number of pyridine rings is 1. The molecule has 0 spiro atoms. The maximum atomic E-state index is 14.4. The van der Waals surface area contributed by atoms with Crippen molar-refractivity contribution in [2.45, 2.75) is 26.1 Å². The maximum absolute atomic E-state index is 14.4. The molecule has 3 aromatic heterocycles. The quantitative estimate of drug-likeness (QED) is 0.281. The Morgan fingerprint density at radius 2 is 1.86 bits per heavy atom. The van der Waals surface area contributed by atoms with E-state index in [0.29, 0.717) is 31.0 Å². The summed E-state index contributed by atoms with van der Waals surface area (Å²) in [6, 6.07) is 15.2. The third-order valence-electron chi connectivity index (χ3n) is 6.13. The molecule has 7 nitrogen and oxygen atoms in total. The Morgan fingerprint density at radius 1 is 1.03 bits per heavy atom. The Labute approximate surface area is 212 Å². The van der Waals surface area contributed by atoms with Crippen LogP contribution >= 0.6 is 0 Å². The first kappa shape index (κ1) is 24.3. The molecular weight excluding hydrogens is 476 g/mol. The van der Waals surface area contributed by atoms with Gasteiger partial charge >= 0.3 is 0 Å². The average Bonchev–Trinajstić information content (AvgIpc) is 3.55. The van der Waals surface area contributed by atoms with E-state index < -0.39 is 11.6 Å². The van der Waals surface area contributed by atoms with Crippen molar-refractivity contribution in [1.82, 2.24) is 25.2 Å². The van der Waals surface area contributed by atoms with Crippen LogP contribution in [0.4, 0.5) is 8.78 Å². The number of H-pyrrole nitrogens is 1. The highest BCUT2D eigenvalue weighted by Crippen LogP contribution is 2.20. The third-order valence-corrected chi connectivity index (χ3v) is 6.13. The molecule has 0 atom stereocenters. The van der Waals surface area contributed by atoms with Crippen LogP contribution in [0, 0.1) is 11.6 Å². The Morgan fingerprint density at radius 3 is 2.70 bits per heavy atom. The number of carbonyl (C=O) groups excluding carboxylic acids is 1. The summed E-state index contributed by atoms with van der Waals surface area (Å²) in [5.74, 6) is -1.26. The second-order valence-electron chi connectivity index (χ2n) is 8.72. The van der Waals surface area contributed by atoms with Crippen LogP contribution in [-0.2, 0) is 26.1 Å². The normalized spacial score (nSPS) is 11.3. The molecule has 5 aromatic rings. The van der Waals surface area contributed by atoms with E-state index in [1.54, 1.807) is 12.4 Å². The standard InChI is InChI=1S/C28H25F2N5O2/c29-22-6-5-21(24(30)13-22)16-35(12-9-20-15-32-25-4-2-1-3-23(20)25)17-27-34-26(18-37-27)28(36)33-14-19-7-10-31-11-8-19/h1-8,10-11,13,15,18,32H,9,12,14,16-17H2,(H,33,36). The van der Waals surface area contributed by atoms with Crippen molar-refractivity contribution in [3.05, 3.63) is 119 Å². The van der Waals surface area contributed by atoms with Gasteiger partial charge in [0.05, 0.1) is 6.54 Å². The summed E-state index contributed by atoms with van der Waals surface area (Å²) in [6.45, 7) is 1.37. The van der Waals surface area contributed by atoms with Crippen molar-refractivity contribution in [3.63, 3.8) is 0 Å². The zero-order chi connectivity index (χ0) is 25.6. The number of rotatable bonds is 10. The van der Waals surface area contributed by atoms with Crippen molar-refractivity contribution in [2.75, 3.05) is 6.54 Å². The molecule has 0 bridgehead atoms. The molecule has 0 saturated heterocycles. The molecule has 2 aromatic carbocycles. The number of amides is 1. The molecule has 1 amide bonds. The monoisotopic (exact) mass is 501 g/mol. The molecular formula is C28H25F2N5O2. The number of nitrogens with one attached hydrogen (secondary N) is 2. The lowest BCUT2D eigenvalue weighted by molar-refractivity contribution is 0.0945. The summed E-state index contributed by atoms with van der Waals surface area (Å²) in [7, 11) is 0. The van der Waals surface area contributed by atoms with Gasteiger partial charge in [-0.25, -0.2) is 13.8 Å². The number of benzene rings is 2. The molecule has 0 saturated carbocycles. The minimum atomic E-state index is -0.623. The van der Waals surface area contributed by atoms with E-state index >= 15 is 0 Å². The fourth-order valence-corrected chi connectivity index (χ4v) is 4.17. The number of oxazole rings is 1. The summed E-state index contributed by atoms with van der Waals surface area (Å²) in [5.41, 5.74) is 3.61. The van der Waals surface area contributed by atoms with Crippen LogP contribution in [0.3, 0.4) is 0 Å². The van der Waals surface area contributed by atoms with Crippen molar-refractivity contribution < 1.29 is 18.0 Å². The first-order valence-corrected chi connectivity index (χ1v) is 11.9. The summed E-state index contributed by atoms with van der Waals surface area (Å²) < 4.78 is 33.5. The number of aromatic amines is 1. The first-order chi connectivity index (χ1) is 18.0. The Bertz CT molecular complexity index is 1500. The van der Waals surface area contributed by atoms with Gasteiger partial charge in [0.25, 0.3) is 5.91 Å². The topological polar surface area (TPSA) is 87.0 Å². The summed E-state index contributed by atoms with van der Waals surface area (Å²) >= 11 is 0. The van der Waals surface area contributed by atoms with Gasteiger partial charge in [0.1, 0.15) is 17.9 Å². The molecule has 9 heteroatoms. The van der Waals surface area contributed by atoms with Gasteiger partial charge in [-0.05, 0) is 41.8 Å². The van der Waals surface area contributed by atoms with E-state index in [9.17, 15) is 13.6 Å². The largest absolute Gasteiger partial charge is 0.447 e. The van der Waals surface area contributed by atoms with Crippen molar-refractivity contribution in [2.24, 2.45) is 0 Å². The summed E-state index contributed by atoms with van der Waals surface area (Å²) in [4.78, 5) is 26.1. The number of hydrogen-bond donors (Lipinski definition) is 2. The lowest BCUT2D eigenvalue weighted by atomic mass is 10.1. The predicted octanol–water partition coefficient (Wildman–Crippen LogP) is 5.00. The molecule has 188 valence electrons. The van der Waals surface area contributed by atoms with Crippen molar-refractivity contribution in [1.29, 1.82) is 0 Å². The second kappa shape index (κ2) is 11.1. The van der Waals surface area contributed by atoms with Gasteiger partial charge in [-0.15, -0.1) is 0 Å². The average molecular weight is 502 g/mol. The SMILES string of the molecule is O=C(NCc1ccncc1)c1coc(CN(CCc2c[nH]c3ccccc23)Cc2ccc(F)cc2F)n1. The minimum absolute atomic E-state index is 0.161. The van der Waals surface area contributed by atoms with Crippen LogP contribution in [0.5, 0.6) is 0 Å². The van der Waals surface area contributed by atoms with Gasteiger partial charge in [-0.2, -0.15) is 0 Å². The number of para-hydroxylation sites is 1. The summed E-state index contributed by atoms with van der Waals surface area (Å²) in [6.07, 6.45) is 7.28. The number of fused-ring (bicyclic) bond motifs is 1. The Kier molecular flexibility index (Phi) is 7.32. The zero-order valence-corrected chi connectivity index (χ0v) is 20.0. The molecule has 0 radical (unpaired) electrons. The molecule has 0 fully saturated rings. The number of halogens is 2. The van der Waals surface area contributed by atoms with Crippen LogP contribution in [0.2, 0.25) is 0 Å². The zero-order valence-electron chi connectivity index (χ0n) is 20.0. The van der Waals surface area contributed by atoms with E-state index in [1.165, 1.54) is 18.4 Å². The number of aromatic nitrogens is 3. The number of nitrogens with zero attached hydrogens (tertiary/aromatic N) is 3. The van der Waals surface area contributed by atoms with Gasteiger partial charge < -0.3 is 14.7 Å². The highest BCUT2D eigenvalue weighted by molar-refractivity contribution is 5.91. The van der Waals surface area contributed by atoms with Crippen LogP contribution in [0.25, 0.3) is 10.9 Å². The van der Waals surface area contributed by atoms with Crippen molar-refractivity contribution >= 4 is 16.8 Å². The minimum Gasteiger partial charge on any atom is -0.447 e. The fraction of sp³-hybridized carbons (Fsp3) is 0.179. The van der Waals surface area contributed by atoms with Crippen LogP contribution in [0.1, 0.15) is 33.1 Å². The van der Waals surface area contributed by atoms with Gasteiger partial charge in [0.15, 0.2) is 5.69 Å². The van der Waals surface area contributed by atoms with Crippen molar-refractivity contribution in [3.8, 4) is 0 Å². The number of carbonyl (C=O) groups is 1. The highest BCUT2D eigenvalue weighted by Gasteiger charge is 2.17. The molecule has 5 rings (SSSR count). The fourth-order valence-electron chi connectivity index (χ4n) is 4.17. The smallest absolute Gasteiger partial charge is 0.273 e. The molecule has 0 aliphatic rings. The van der Waals surface area contributed by atoms with E-state index in [4.69, 9.17) is 4.42 Å². The highest BCUT2D eigenvalue weighted by atomic mass is 19.1. The lowest BCUT2D eigenvalue weighted by Crippen LogP contribution is -2.26. The van der Waals surface area contributed by atoms with Gasteiger partial charge in [-0.1, -0.05) is 24.3 Å². The predicted molar refractivity (Wildman–Crippen MR) is 134 cm³/mol. The Balaban J connectivity index is 1.29. The molecule has 3 heterocycles. The van der Waals surface area contributed by atoms with Gasteiger partial charge in [0.2, 0.25) is 5.89 Å². The van der Waals surface area contributed by atoms with E-state index in [-0.39, 0.29) is 24.7 Å². The first-order valence-electron chi connectivity index (χ1n) is 11.9. The van der Waals surface area contributed by atoms with Crippen LogP contribution < -0.4 is 5.32 Å².